The number of benzene rings is 1. The van der Waals surface area contributed by atoms with E-state index in [9.17, 15) is 23.1 Å². The van der Waals surface area contributed by atoms with Gasteiger partial charge >= 0.3 is 6.18 Å². The molecule has 3 rings (SSSR count). The number of carbonyl (C=O) groups is 1. The van der Waals surface area contributed by atoms with Gasteiger partial charge in [0.05, 0.1) is 11.2 Å². The molecule has 1 aromatic rings. The van der Waals surface area contributed by atoms with E-state index >= 15 is 0 Å². The van der Waals surface area contributed by atoms with Crippen molar-refractivity contribution in [3.63, 3.8) is 0 Å². The van der Waals surface area contributed by atoms with Crippen molar-refractivity contribution in [3.05, 3.63) is 34.9 Å². The van der Waals surface area contributed by atoms with Gasteiger partial charge in [0.25, 0.3) is 0 Å². The molecule has 0 bridgehead atoms. The molecule has 1 amide bonds. The summed E-state index contributed by atoms with van der Waals surface area (Å²) in [5.74, 6) is 0.471. The largest absolute Gasteiger partial charge is 0.416 e. The van der Waals surface area contributed by atoms with Crippen molar-refractivity contribution in [2.75, 3.05) is 13.1 Å². The van der Waals surface area contributed by atoms with Gasteiger partial charge in [0.15, 0.2) is 0 Å². The second-order valence-corrected chi connectivity index (χ2v) is 8.22. The molecule has 1 saturated carbocycles. The third-order valence-corrected chi connectivity index (χ3v) is 5.77. The number of piperidine rings is 1. The zero-order chi connectivity index (χ0) is 19.1. The van der Waals surface area contributed by atoms with Crippen molar-refractivity contribution in [2.24, 2.45) is 11.8 Å². The highest BCUT2D eigenvalue weighted by atomic mass is 19.4. The first-order valence-electron chi connectivity index (χ1n) is 9.23. The van der Waals surface area contributed by atoms with Crippen molar-refractivity contribution in [3.8, 4) is 0 Å². The van der Waals surface area contributed by atoms with E-state index in [4.69, 9.17) is 0 Å². The van der Waals surface area contributed by atoms with Crippen LogP contribution in [0.15, 0.2) is 18.2 Å². The average Bonchev–Trinajstić information content (AvgIpc) is 2.51. The number of nitrogens with zero attached hydrogens (tertiary/aromatic N) is 1. The number of likely N-dealkylation sites (tertiary alicyclic amines) is 1. The first kappa shape index (κ1) is 19.2. The van der Waals surface area contributed by atoms with Crippen molar-refractivity contribution in [1.82, 2.24) is 4.90 Å². The quantitative estimate of drug-likeness (QED) is 0.876. The molecule has 6 heteroatoms. The molecule has 0 unspecified atom stereocenters. The number of hydrogen-bond acceptors (Lipinski definition) is 2. The number of hydrogen-bond donors (Lipinski definition) is 1. The highest BCUT2D eigenvalue weighted by molar-refractivity contribution is 5.80. The molecule has 1 saturated heterocycles. The Labute approximate surface area is 152 Å². The van der Waals surface area contributed by atoms with Crippen molar-refractivity contribution in [1.29, 1.82) is 0 Å². The van der Waals surface area contributed by atoms with E-state index in [0.29, 0.717) is 31.8 Å². The minimum Gasteiger partial charge on any atom is -0.390 e. The summed E-state index contributed by atoms with van der Waals surface area (Å²) in [6.45, 7) is 4.65. The van der Waals surface area contributed by atoms with E-state index in [2.05, 4.69) is 0 Å². The van der Waals surface area contributed by atoms with E-state index in [-0.39, 0.29) is 17.4 Å². The second-order valence-electron chi connectivity index (χ2n) is 8.22. The van der Waals surface area contributed by atoms with Crippen LogP contribution in [-0.4, -0.2) is 34.6 Å². The summed E-state index contributed by atoms with van der Waals surface area (Å²) in [6.07, 6.45) is -0.739. The Morgan fingerprint density at radius 2 is 1.88 bits per heavy atom. The maximum absolute atomic E-state index is 12.9. The molecule has 0 spiro atoms. The van der Waals surface area contributed by atoms with Crippen LogP contribution in [0, 0.1) is 18.8 Å². The van der Waals surface area contributed by atoms with Crippen LogP contribution < -0.4 is 0 Å². The third kappa shape index (κ3) is 4.22. The summed E-state index contributed by atoms with van der Waals surface area (Å²) >= 11 is 0. The van der Waals surface area contributed by atoms with Crippen LogP contribution >= 0.6 is 0 Å². The number of carbonyl (C=O) groups excluding carboxylic acids is 1. The highest BCUT2D eigenvalue weighted by Gasteiger charge is 2.44. The minimum absolute atomic E-state index is 0.0564. The summed E-state index contributed by atoms with van der Waals surface area (Å²) in [5.41, 5.74) is -0.0768. The van der Waals surface area contributed by atoms with E-state index in [1.165, 1.54) is 13.0 Å². The Morgan fingerprint density at radius 1 is 1.27 bits per heavy atom. The Balaban J connectivity index is 1.51. The van der Waals surface area contributed by atoms with Crippen LogP contribution in [-0.2, 0) is 17.4 Å². The molecule has 2 fully saturated rings. The fraction of sp³-hybridized carbons (Fsp3) is 0.650. The lowest BCUT2D eigenvalue weighted by Crippen LogP contribution is -2.51. The lowest BCUT2D eigenvalue weighted by molar-refractivity contribution is -0.151. The van der Waals surface area contributed by atoms with Gasteiger partial charge in [-0.1, -0.05) is 12.1 Å². The van der Waals surface area contributed by atoms with Crippen LogP contribution in [0.4, 0.5) is 13.2 Å². The minimum atomic E-state index is -4.31. The normalized spacial score (nSPS) is 27.3. The first-order valence-corrected chi connectivity index (χ1v) is 9.23. The monoisotopic (exact) mass is 369 g/mol. The van der Waals surface area contributed by atoms with Crippen molar-refractivity contribution < 1.29 is 23.1 Å². The van der Waals surface area contributed by atoms with Gasteiger partial charge in [-0.15, -0.1) is 0 Å². The summed E-state index contributed by atoms with van der Waals surface area (Å²) < 4.78 is 38.6. The average molecular weight is 369 g/mol. The number of aliphatic hydroxyl groups is 1. The third-order valence-electron chi connectivity index (χ3n) is 5.77. The molecule has 1 aliphatic carbocycles. The van der Waals surface area contributed by atoms with Gasteiger partial charge in [0, 0.05) is 19.0 Å². The maximum Gasteiger partial charge on any atom is 0.416 e. The number of alkyl halides is 3. The molecule has 26 heavy (non-hydrogen) atoms. The molecule has 1 N–H and O–H groups in total. The lowest BCUT2D eigenvalue weighted by Gasteiger charge is -2.43. The molecule has 2 aliphatic rings. The summed E-state index contributed by atoms with van der Waals surface area (Å²) in [5, 5.41) is 9.79. The smallest absolute Gasteiger partial charge is 0.390 e. The highest BCUT2D eigenvalue weighted by Crippen LogP contribution is 2.39. The molecule has 144 valence electrons. The van der Waals surface area contributed by atoms with E-state index < -0.39 is 17.3 Å². The van der Waals surface area contributed by atoms with Crippen LogP contribution in [0.3, 0.4) is 0 Å². The van der Waals surface area contributed by atoms with Gasteiger partial charge < -0.3 is 10.0 Å². The van der Waals surface area contributed by atoms with Crippen LogP contribution in [0.5, 0.6) is 0 Å². The molecule has 0 radical (unpaired) electrons. The Hall–Kier alpha value is -1.56. The molecule has 1 heterocycles. The number of aryl methyl sites for hydroxylation is 1. The molecule has 0 aromatic heterocycles. The van der Waals surface area contributed by atoms with Gasteiger partial charge in [0.1, 0.15) is 0 Å². The van der Waals surface area contributed by atoms with Crippen molar-refractivity contribution in [2.45, 2.75) is 57.7 Å². The fourth-order valence-corrected chi connectivity index (χ4v) is 4.30. The van der Waals surface area contributed by atoms with Gasteiger partial charge in [-0.25, -0.2) is 0 Å². The second kappa shape index (κ2) is 6.87. The van der Waals surface area contributed by atoms with Gasteiger partial charge in [-0.3, -0.25) is 4.79 Å². The van der Waals surface area contributed by atoms with Crippen molar-refractivity contribution >= 4 is 5.91 Å². The van der Waals surface area contributed by atoms with Crippen LogP contribution in [0.1, 0.15) is 49.3 Å². The number of rotatable bonds is 3. The SMILES string of the molecule is Cc1cc(CC2CCN(C(=O)[C@H]3C[C@@](C)(O)C3)CC2)ccc1C(F)(F)F. The van der Waals surface area contributed by atoms with Crippen LogP contribution in [0.2, 0.25) is 0 Å². The summed E-state index contributed by atoms with van der Waals surface area (Å²) in [6, 6.07) is 4.38. The van der Waals surface area contributed by atoms with Crippen LogP contribution in [0.25, 0.3) is 0 Å². The molecular formula is C20H26F3NO2. The molecular weight excluding hydrogens is 343 g/mol. The fourth-order valence-electron chi connectivity index (χ4n) is 4.30. The summed E-state index contributed by atoms with van der Waals surface area (Å²) in [4.78, 5) is 14.3. The standard InChI is InChI=1S/C20H26F3NO2/c1-13-9-15(3-4-17(13)20(21,22)23)10-14-5-7-24(8-6-14)18(25)16-11-19(2,26)12-16/h3-4,9,14,16,26H,5-8,10-12H2,1-2H3/t16-,19+. The topological polar surface area (TPSA) is 40.5 Å². The number of amides is 1. The molecule has 1 aliphatic heterocycles. The first-order chi connectivity index (χ1) is 12.0. The predicted molar refractivity (Wildman–Crippen MR) is 92.5 cm³/mol. The maximum atomic E-state index is 12.9. The molecule has 3 nitrogen and oxygen atoms in total. The van der Waals surface area contributed by atoms with E-state index in [0.717, 1.165) is 24.8 Å². The Kier molecular flexibility index (Phi) is 5.08. The number of halogens is 3. The van der Waals surface area contributed by atoms with Gasteiger partial charge in [-0.05, 0) is 69.1 Å². The van der Waals surface area contributed by atoms with E-state index in [1.807, 2.05) is 4.90 Å². The zero-order valence-corrected chi connectivity index (χ0v) is 15.3. The Bertz CT molecular complexity index is 668. The van der Waals surface area contributed by atoms with E-state index in [1.54, 1.807) is 19.1 Å². The predicted octanol–water partition coefficient (Wildman–Crippen LogP) is 3.96. The molecule has 0 atom stereocenters. The molecule has 1 aromatic carbocycles. The van der Waals surface area contributed by atoms with Gasteiger partial charge in [-0.2, -0.15) is 13.2 Å². The Morgan fingerprint density at radius 3 is 2.38 bits per heavy atom. The lowest BCUT2D eigenvalue weighted by atomic mass is 9.71. The summed E-state index contributed by atoms with van der Waals surface area (Å²) in [7, 11) is 0. The zero-order valence-electron chi connectivity index (χ0n) is 15.3. The van der Waals surface area contributed by atoms with Gasteiger partial charge in [0.2, 0.25) is 5.91 Å².